The summed E-state index contributed by atoms with van der Waals surface area (Å²) in [6, 6.07) is 5.96. The maximum Gasteiger partial charge on any atom is 0.311 e. The van der Waals surface area contributed by atoms with Crippen molar-refractivity contribution < 1.29 is 9.53 Å². The van der Waals surface area contributed by atoms with Crippen LogP contribution in [0.3, 0.4) is 0 Å². The molecule has 0 aliphatic heterocycles. The summed E-state index contributed by atoms with van der Waals surface area (Å²) in [5.74, 6) is -0.440. The lowest BCUT2D eigenvalue weighted by molar-refractivity contribution is -0.160. The summed E-state index contributed by atoms with van der Waals surface area (Å²) < 4.78 is 5.43. The van der Waals surface area contributed by atoms with E-state index in [9.17, 15) is 4.79 Å². The van der Waals surface area contributed by atoms with Gasteiger partial charge in [0.25, 0.3) is 0 Å². The van der Waals surface area contributed by atoms with Gasteiger partial charge >= 0.3 is 5.97 Å². The monoisotopic (exact) mass is 247 g/mol. The van der Waals surface area contributed by atoms with Crippen molar-refractivity contribution in [3.05, 3.63) is 34.9 Å². The first-order valence-corrected chi connectivity index (χ1v) is 6.36. The third-order valence-electron chi connectivity index (χ3n) is 3.24. The summed E-state index contributed by atoms with van der Waals surface area (Å²) in [6.07, 6.45) is 0.686. The molecular formula is C15H21NO2. The molecule has 1 aromatic carbocycles. The SMILES string of the molecule is Cc1ccc2c(c1)[C@@H](N)[C@@H](C(=O)OC(C)(C)C)C2. The highest BCUT2D eigenvalue weighted by Crippen LogP contribution is 2.36. The van der Waals surface area contributed by atoms with Crippen LogP contribution in [0.1, 0.15) is 43.5 Å². The van der Waals surface area contributed by atoms with Crippen LogP contribution in [0, 0.1) is 12.8 Å². The van der Waals surface area contributed by atoms with Crippen molar-refractivity contribution in [2.45, 2.75) is 45.8 Å². The van der Waals surface area contributed by atoms with Gasteiger partial charge in [-0.25, -0.2) is 0 Å². The van der Waals surface area contributed by atoms with Crippen molar-refractivity contribution in [1.82, 2.24) is 0 Å². The third kappa shape index (κ3) is 2.56. The standard InChI is InChI=1S/C15H21NO2/c1-9-5-6-10-8-12(13(16)11(10)7-9)14(17)18-15(2,3)4/h5-7,12-13H,8,16H2,1-4H3/t12-,13+/m0/s1. The molecule has 0 amide bonds. The average molecular weight is 247 g/mol. The first kappa shape index (κ1) is 13.1. The lowest BCUT2D eigenvalue weighted by Crippen LogP contribution is -2.32. The molecule has 1 aliphatic rings. The number of rotatable bonds is 1. The van der Waals surface area contributed by atoms with E-state index in [1.54, 1.807) is 0 Å². The molecular weight excluding hydrogens is 226 g/mol. The van der Waals surface area contributed by atoms with E-state index in [0.29, 0.717) is 6.42 Å². The Morgan fingerprint density at radius 1 is 1.39 bits per heavy atom. The summed E-state index contributed by atoms with van der Waals surface area (Å²) in [4.78, 5) is 12.1. The van der Waals surface area contributed by atoms with Crippen LogP contribution in [0.4, 0.5) is 0 Å². The molecule has 1 aliphatic carbocycles. The fourth-order valence-electron chi connectivity index (χ4n) is 2.40. The highest BCUT2D eigenvalue weighted by atomic mass is 16.6. The second-order valence-electron chi connectivity index (χ2n) is 6.07. The molecule has 3 heteroatoms. The Balaban J connectivity index is 2.19. The molecule has 2 N–H and O–H groups in total. The van der Waals surface area contributed by atoms with Crippen molar-refractivity contribution in [3.63, 3.8) is 0 Å². The van der Waals surface area contributed by atoms with Gasteiger partial charge in [0, 0.05) is 6.04 Å². The van der Waals surface area contributed by atoms with Crippen LogP contribution in [0.15, 0.2) is 18.2 Å². The summed E-state index contributed by atoms with van der Waals surface area (Å²) in [5, 5.41) is 0. The number of hydrogen-bond acceptors (Lipinski definition) is 3. The molecule has 0 spiro atoms. The van der Waals surface area contributed by atoms with E-state index in [1.807, 2.05) is 27.7 Å². The number of carbonyl (C=O) groups excluding carboxylic acids is 1. The van der Waals surface area contributed by atoms with Gasteiger partial charge in [-0.3, -0.25) is 4.79 Å². The maximum atomic E-state index is 12.1. The summed E-state index contributed by atoms with van der Waals surface area (Å²) in [5.41, 5.74) is 9.16. The Morgan fingerprint density at radius 2 is 2.06 bits per heavy atom. The van der Waals surface area contributed by atoms with E-state index in [4.69, 9.17) is 10.5 Å². The van der Waals surface area contributed by atoms with Gasteiger partial charge in [-0.1, -0.05) is 23.8 Å². The summed E-state index contributed by atoms with van der Waals surface area (Å²) in [6.45, 7) is 7.67. The molecule has 2 atom stereocenters. The van der Waals surface area contributed by atoms with Crippen molar-refractivity contribution in [2.75, 3.05) is 0 Å². The minimum Gasteiger partial charge on any atom is -0.460 e. The minimum atomic E-state index is -0.457. The summed E-state index contributed by atoms with van der Waals surface area (Å²) >= 11 is 0. The maximum absolute atomic E-state index is 12.1. The van der Waals surface area contributed by atoms with Crippen LogP contribution < -0.4 is 5.73 Å². The van der Waals surface area contributed by atoms with Gasteiger partial charge < -0.3 is 10.5 Å². The number of fused-ring (bicyclic) bond motifs is 1. The first-order chi connectivity index (χ1) is 8.28. The molecule has 0 aromatic heterocycles. The molecule has 0 radical (unpaired) electrons. The van der Waals surface area contributed by atoms with Gasteiger partial charge in [-0.05, 0) is 45.2 Å². The molecule has 0 saturated carbocycles. The van der Waals surface area contributed by atoms with Gasteiger partial charge in [0.2, 0.25) is 0 Å². The second-order valence-corrected chi connectivity index (χ2v) is 6.07. The van der Waals surface area contributed by atoms with Gasteiger partial charge in [-0.15, -0.1) is 0 Å². The van der Waals surface area contributed by atoms with Crippen LogP contribution in [-0.4, -0.2) is 11.6 Å². The van der Waals surface area contributed by atoms with E-state index in [0.717, 1.165) is 5.56 Å². The van der Waals surface area contributed by atoms with E-state index in [2.05, 4.69) is 18.2 Å². The van der Waals surface area contributed by atoms with Crippen molar-refractivity contribution in [1.29, 1.82) is 0 Å². The number of hydrogen-bond donors (Lipinski definition) is 1. The van der Waals surface area contributed by atoms with Crippen molar-refractivity contribution >= 4 is 5.97 Å². The van der Waals surface area contributed by atoms with E-state index in [-0.39, 0.29) is 17.9 Å². The van der Waals surface area contributed by atoms with Crippen LogP contribution in [0.25, 0.3) is 0 Å². The molecule has 18 heavy (non-hydrogen) atoms. The average Bonchev–Trinajstić information content (AvgIpc) is 2.54. The fourth-order valence-corrected chi connectivity index (χ4v) is 2.40. The topological polar surface area (TPSA) is 52.3 Å². The smallest absolute Gasteiger partial charge is 0.311 e. The molecule has 0 saturated heterocycles. The fraction of sp³-hybridized carbons (Fsp3) is 0.533. The van der Waals surface area contributed by atoms with Crippen molar-refractivity contribution in [3.8, 4) is 0 Å². The number of benzene rings is 1. The van der Waals surface area contributed by atoms with Crippen LogP contribution in [0.5, 0.6) is 0 Å². The zero-order valence-corrected chi connectivity index (χ0v) is 11.5. The number of nitrogens with two attached hydrogens (primary N) is 1. The highest BCUT2D eigenvalue weighted by Gasteiger charge is 2.37. The van der Waals surface area contributed by atoms with Gasteiger partial charge in [0.05, 0.1) is 5.92 Å². The predicted molar refractivity (Wildman–Crippen MR) is 71.1 cm³/mol. The Labute approximate surface area is 108 Å². The Hall–Kier alpha value is -1.35. The largest absolute Gasteiger partial charge is 0.460 e. The van der Waals surface area contributed by atoms with Crippen molar-refractivity contribution in [2.24, 2.45) is 11.7 Å². The van der Waals surface area contributed by atoms with Gasteiger partial charge in [0.15, 0.2) is 0 Å². The lowest BCUT2D eigenvalue weighted by atomic mass is 10.0. The number of ether oxygens (including phenoxy) is 1. The van der Waals surface area contributed by atoms with E-state index in [1.165, 1.54) is 11.1 Å². The second kappa shape index (κ2) is 4.39. The van der Waals surface area contributed by atoms with Crippen LogP contribution in [0.2, 0.25) is 0 Å². The molecule has 0 bridgehead atoms. The third-order valence-corrected chi connectivity index (χ3v) is 3.24. The lowest BCUT2D eigenvalue weighted by Gasteiger charge is -2.23. The molecule has 1 aromatic rings. The quantitative estimate of drug-likeness (QED) is 0.776. The minimum absolute atomic E-state index is 0.191. The molecule has 3 nitrogen and oxygen atoms in total. The van der Waals surface area contributed by atoms with Gasteiger partial charge in [0.1, 0.15) is 5.60 Å². The van der Waals surface area contributed by atoms with Crippen LogP contribution in [-0.2, 0) is 16.0 Å². The number of aryl methyl sites for hydroxylation is 1. The Bertz CT molecular complexity index is 474. The normalized spacial score (nSPS) is 22.7. The molecule has 0 heterocycles. The molecule has 0 unspecified atom stereocenters. The Kier molecular flexibility index (Phi) is 3.20. The predicted octanol–water partition coefficient (Wildman–Crippen LogP) is 2.51. The van der Waals surface area contributed by atoms with E-state index >= 15 is 0 Å². The zero-order chi connectivity index (χ0) is 13.5. The molecule has 98 valence electrons. The Morgan fingerprint density at radius 3 is 2.67 bits per heavy atom. The number of carbonyl (C=O) groups is 1. The first-order valence-electron chi connectivity index (χ1n) is 6.36. The molecule has 2 rings (SSSR count). The zero-order valence-electron chi connectivity index (χ0n) is 11.5. The highest BCUT2D eigenvalue weighted by molar-refractivity contribution is 5.76. The number of esters is 1. The van der Waals surface area contributed by atoms with Gasteiger partial charge in [-0.2, -0.15) is 0 Å². The molecule has 0 fully saturated rings. The van der Waals surface area contributed by atoms with E-state index < -0.39 is 5.60 Å². The van der Waals surface area contributed by atoms with Crippen LogP contribution >= 0.6 is 0 Å². The summed E-state index contributed by atoms with van der Waals surface area (Å²) in [7, 11) is 0.